The molecule has 2 N–H and O–H groups in total. The number of carboxylic acids is 1. The molecule has 21 heavy (non-hydrogen) atoms. The Hall–Kier alpha value is -2.53. The monoisotopic (exact) mass is 309 g/mol. The van der Waals surface area contributed by atoms with Crippen LogP contribution in [-0.2, 0) is 6.42 Å². The van der Waals surface area contributed by atoms with Crippen molar-refractivity contribution in [3.8, 4) is 6.07 Å². The number of carboxylic acid groups (broad SMARTS) is 1. The molecule has 0 saturated heterocycles. The number of thiazole rings is 1. The molecule has 0 amide bonds. The molecule has 1 aromatic carbocycles. The molecule has 0 bridgehead atoms. The number of aromatic carboxylic acids is 1. The van der Waals surface area contributed by atoms with Gasteiger partial charge in [0.15, 0.2) is 17.3 Å². The van der Waals surface area contributed by atoms with E-state index < -0.39 is 17.6 Å². The van der Waals surface area contributed by atoms with E-state index in [0.717, 1.165) is 23.5 Å². The fourth-order valence-corrected chi connectivity index (χ4v) is 2.40. The van der Waals surface area contributed by atoms with Gasteiger partial charge in [0.25, 0.3) is 0 Å². The third-order valence-electron chi connectivity index (χ3n) is 2.58. The molecule has 8 heteroatoms. The highest BCUT2D eigenvalue weighted by atomic mass is 32.1. The highest BCUT2D eigenvalue weighted by Gasteiger charge is 2.12. The van der Waals surface area contributed by atoms with E-state index >= 15 is 0 Å². The van der Waals surface area contributed by atoms with Crippen LogP contribution in [0.3, 0.4) is 0 Å². The number of rotatable bonds is 5. The molecule has 1 aromatic heterocycles. The van der Waals surface area contributed by atoms with E-state index in [9.17, 15) is 13.6 Å². The lowest BCUT2D eigenvalue weighted by atomic mass is 10.2. The molecule has 0 unspecified atom stereocenters. The van der Waals surface area contributed by atoms with Crippen molar-refractivity contribution in [3.63, 3.8) is 0 Å². The van der Waals surface area contributed by atoms with E-state index in [1.54, 1.807) is 6.07 Å². The van der Waals surface area contributed by atoms with Crippen LogP contribution in [0.4, 0.5) is 14.5 Å². The molecule has 0 saturated carbocycles. The van der Waals surface area contributed by atoms with Gasteiger partial charge in [-0.05, 0) is 12.1 Å². The Bertz CT molecular complexity index is 701. The number of carbonyl (C=O) groups is 1. The summed E-state index contributed by atoms with van der Waals surface area (Å²) in [7, 11) is 0. The molecule has 0 aliphatic carbocycles. The maximum absolute atomic E-state index is 13.6. The summed E-state index contributed by atoms with van der Waals surface area (Å²) in [5.41, 5.74) is -0.462. The Morgan fingerprint density at radius 2 is 2.10 bits per heavy atom. The Labute approximate surface area is 122 Å². The van der Waals surface area contributed by atoms with Gasteiger partial charge in [-0.2, -0.15) is 5.26 Å². The van der Waals surface area contributed by atoms with Crippen molar-refractivity contribution in [1.82, 2.24) is 4.98 Å². The highest BCUT2D eigenvalue weighted by molar-refractivity contribution is 7.09. The number of nitriles is 1. The third kappa shape index (κ3) is 3.52. The second-order valence-corrected chi connectivity index (χ2v) is 4.98. The van der Waals surface area contributed by atoms with Gasteiger partial charge in [-0.3, -0.25) is 0 Å². The molecule has 0 radical (unpaired) electrons. The third-order valence-corrected chi connectivity index (χ3v) is 3.49. The first-order valence-corrected chi connectivity index (χ1v) is 6.70. The summed E-state index contributed by atoms with van der Waals surface area (Å²) >= 11 is 1.16. The van der Waals surface area contributed by atoms with Gasteiger partial charge < -0.3 is 10.4 Å². The quantitative estimate of drug-likeness (QED) is 0.886. The molecule has 2 aromatic rings. The lowest BCUT2D eigenvalue weighted by Crippen LogP contribution is -2.08. The summed E-state index contributed by atoms with van der Waals surface area (Å²) in [5.74, 6) is -2.82. The first-order chi connectivity index (χ1) is 10.0. The summed E-state index contributed by atoms with van der Waals surface area (Å²) in [5, 5.41) is 21.9. The Kier molecular flexibility index (Phi) is 4.45. The van der Waals surface area contributed by atoms with Gasteiger partial charge in [0.1, 0.15) is 5.69 Å². The minimum absolute atomic E-state index is 0.0502. The van der Waals surface area contributed by atoms with Crippen LogP contribution in [-0.4, -0.2) is 22.6 Å². The molecule has 0 spiro atoms. The van der Waals surface area contributed by atoms with Crippen LogP contribution in [0.1, 0.15) is 21.1 Å². The van der Waals surface area contributed by atoms with Gasteiger partial charge in [0, 0.05) is 18.3 Å². The average Bonchev–Trinajstić information content (AvgIpc) is 2.90. The van der Waals surface area contributed by atoms with E-state index in [-0.39, 0.29) is 23.5 Å². The van der Waals surface area contributed by atoms with Crippen molar-refractivity contribution in [3.05, 3.63) is 45.4 Å². The normalized spacial score (nSPS) is 10.1. The zero-order valence-corrected chi connectivity index (χ0v) is 11.4. The van der Waals surface area contributed by atoms with Crippen molar-refractivity contribution in [2.24, 2.45) is 0 Å². The molecule has 0 fully saturated rings. The van der Waals surface area contributed by atoms with Gasteiger partial charge in [-0.15, -0.1) is 11.3 Å². The smallest absolute Gasteiger partial charge is 0.355 e. The number of nitrogens with one attached hydrogen (secondary N) is 1. The maximum Gasteiger partial charge on any atom is 0.355 e. The van der Waals surface area contributed by atoms with E-state index in [4.69, 9.17) is 10.4 Å². The topological polar surface area (TPSA) is 86.0 Å². The van der Waals surface area contributed by atoms with E-state index in [2.05, 4.69) is 10.3 Å². The lowest BCUT2D eigenvalue weighted by Gasteiger charge is -2.08. The van der Waals surface area contributed by atoms with Crippen molar-refractivity contribution < 1.29 is 18.7 Å². The standard InChI is InChI=1S/C13H9F2N3O2S/c14-8-3-7(5-16)4-9(15)12(8)17-2-1-11-18-10(6-21-11)13(19)20/h3-4,6,17H,1-2H2,(H,19,20). The molecule has 0 aliphatic heterocycles. The fourth-order valence-electron chi connectivity index (χ4n) is 1.62. The minimum Gasteiger partial charge on any atom is -0.476 e. The number of benzene rings is 1. The maximum atomic E-state index is 13.6. The van der Waals surface area contributed by atoms with Crippen LogP contribution >= 0.6 is 11.3 Å². The van der Waals surface area contributed by atoms with Crippen LogP contribution in [0.25, 0.3) is 0 Å². The number of aromatic nitrogens is 1. The number of nitrogens with zero attached hydrogens (tertiary/aromatic N) is 2. The Morgan fingerprint density at radius 3 is 2.62 bits per heavy atom. The second-order valence-electron chi connectivity index (χ2n) is 4.04. The van der Waals surface area contributed by atoms with Gasteiger partial charge in [0.05, 0.1) is 16.6 Å². The van der Waals surface area contributed by atoms with Crippen molar-refractivity contribution in [2.75, 3.05) is 11.9 Å². The van der Waals surface area contributed by atoms with E-state index in [1.165, 1.54) is 5.38 Å². The zero-order chi connectivity index (χ0) is 15.4. The summed E-state index contributed by atoms with van der Waals surface area (Å²) in [4.78, 5) is 14.5. The summed E-state index contributed by atoms with van der Waals surface area (Å²) < 4.78 is 27.2. The molecule has 5 nitrogen and oxygen atoms in total. The predicted octanol–water partition coefficient (Wildman–Crippen LogP) is 2.65. The summed E-state index contributed by atoms with van der Waals surface area (Å²) in [6.45, 7) is 0.187. The molecule has 108 valence electrons. The van der Waals surface area contributed by atoms with Gasteiger partial charge >= 0.3 is 5.97 Å². The fraction of sp³-hybridized carbons (Fsp3) is 0.154. The SMILES string of the molecule is N#Cc1cc(F)c(NCCc2nc(C(=O)O)cs2)c(F)c1. The van der Waals surface area contributed by atoms with Gasteiger partial charge in [0.2, 0.25) is 0 Å². The highest BCUT2D eigenvalue weighted by Crippen LogP contribution is 2.20. The molecule has 0 aliphatic rings. The summed E-state index contributed by atoms with van der Waals surface area (Å²) in [6.07, 6.45) is 0.330. The van der Waals surface area contributed by atoms with Crippen molar-refractivity contribution >= 4 is 23.0 Å². The molecule has 0 atom stereocenters. The number of halogens is 2. The van der Waals surface area contributed by atoms with Crippen LogP contribution in [0.15, 0.2) is 17.5 Å². The van der Waals surface area contributed by atoms with Crippen LogP contribution in [0.5, 0.6) is 0 Å². The minimum atomic E-state index is -1.12. The molecular weight excluding hydrogens is 300 g/mol. The molecular formula is C13H9F2N3O2S. The largest absolute Gasteiger partial charge is 0.476 e. The Morgan fingerprint density at radius 1 is 1.43 bits per heavy atom. The number of anilines is 1. The van der Waals surface area contributed by atoms with Crippen molar-refractivity contribution in [1.29, 1.82) is 5.26 Å². The van der Waals surface area contributed by atoms with Crippen LogP contribution < -0.4 is 5.32 Å². The van der Waals surface area contributed by atoms with Crippen LogP contribution in [0, 0.1) is 23.0 Å². The van der Waals surface area contributed by atoms with E-state index in [1.807, 2.05) is 0 Å². The first kappa shape index (κ1) is 14.9. The molecule has 2 rings (SSSR count). The van der Waals surface area contributed by atoms with Gasteiger partial charge in [-0.25, -0.2) is 18.6 Å². The first-order valence-electron chi connectivity index (χ1n) is 5.82. The number of hydrogen-bond donors (Lipinski definition) is 2. The predicted molar refractivity (Wildman–Crippen MR) is 72.3 cm³/mol. The van der Waals surface area contributed by atoms with Gasteiger partial charge in [-0.1, -0.05) is 0 Å². The average molecular weight is 309 g/mol. The van der Waals surface area contributed by atoms with Crippen molar-refractivity contribution in [2.45, 2.75) is 6.42 Å². The Balaban J connectivity index is 2.00. The second kappa shape index (κ2) is 6.28. The van der Waals surface area contributed by atoms with Crippen LogP contribution in [0.2, 0.25) is 0 Å². The number of hydrogen-bond acceptors (Lipinski definition) is 5. The van der Waals surface area contributed by atoms with E-state index in [0.29, 0.717) is 11.4 Å². The summed E-state index contributed by atoms with van der Waals surface area (Å²) in [6, 6.07) is 3.54. The molecule has 1 heterocycles. The lowest BCUT2D eigenvalue weighted by molar-refractivity contribution is 0.0691. The zero-order valence-electron chi connectivity index (χ0n) is 10.6.